The van der Waals surface area contributed by atoms with Gasteiger partial charge in [0.05, 0.1) is 6.04 Å². The summed E-state index contributed by atoms with van der Waals surface area (Å²) in [6, 6.07) is 8.16. The molecule has 0 fully saturated rings. The summed E-state index contributed by atoms with van der Waals surface area (Å²) in [6.07, 6.45) is 0. The normalized spacial score (nSPS) is 12.7. The van der Waals surface area contributed by atoms with Crippen LogP contribution in [0.3, 0.4) is 0 Å². The average Bonchev–Trinajstić information content (AvgIpc) is 2.69. The Hall–Kier alpha value is -0.830. The van der Waals surface area contributed by atoms with Crippen molar-refractivity contribution in [2.45, 2.75) is 13.0 Å². The molecule has 0 aliphatic heterocycles. The zero-order valence-electron chi connectivity index (χ0n) is 9.33. The van der Waals surface area contributed by atoms with Gasteiger partial charge in [0.1, 0.15) is 0 Å². The molecular formula is C13H14ClNS. The van der Waals surface area contributed by atoms with E-state index in [1.165, 1.54) is 11.1 Å². The molecule has 84 valence electrons. The van der Waals surface area contributed by atoms with E-state index in [0.717, 1.165) is 10.6 Å². The number of rotatable bonds is 3. The highest BCUT2D eigenvalue weighted by atomic mass is 35.5. The second-order valence-corrected chi connectivity index (χ2v) is 4.90. The van der Waals surface area contributed by atoms with E-state index < -0.39 is 0 Å². The summed E-state index contributed by atoms with van der Waals surface area (Å²) >= 11 is 7.96. The number of hydrogen-bond donors (Lipinski definition) is 1. The highest BCUT2D eigenvalue weighted by Gasteiger charge is 2.16. The molecule has 2 aromatic rings. The van der Waals surface area contributed by atoms with Crippen LogP contribution in [-0.2, 0) is 0 Å². The number of benzene rings is 1. The van der Waals surface area contributed by atoms with E-state index in [9.17, 15) is 0 Å². The minimum absolute atomic E-state index is 0.181. The lowest BCUT2D eigenvalue weighted by Gasteiger charge is -2.18. The topological polar surface area (TPSA) is 12.0 Å². The third-order valence-corrected chi connectivity index (χ3v) is 3.93. The molecule has 0 spiro atoms. The molecule has 1 heterocycles. The Kier molecular flexibility index (Phi) is 3.64. The molecule has 1 atom stereocenters. The lowest BCUT2D eigenvalue weighted by molar-refractivity contribution is 0.690. The van der Waals surface area contributed by atoms with Gasteiger partial charge in [-0.1, -0.05) is 29.8 Å². The third kappa shape index (κ3) is 2.14. The first-order valence-corrected chi connectivity index (χ1v) is 6.50. The van der Waals surface area contributed by atoms with Gasteiger partial charge < -0.3 is 5.32 Å². The van der Waals surface area contributed by atoms with Gasteiger partial charge in [-0.15, -0.1) is 0 Å². The monoisotopic (exact) mass is 251 g/mol. The first-order valence-electron chi connectivity index (χ1n) is 5.18. The zero-order chi connectivity index (χ0) is 11.5. The second kappa shape index (κ2) is 5.00. The van der Waals surface area contributed by atoms with Crippen molar-refractivity contribution in [1.82, 2.24) is 5.32 Å². The molecule has 3 heteroatoms. The van der Waals surface area contributed by atoms with Gasteiger partial charge in [-0.05, 0) is 47.5 Å². The Balaban J connectivity index is 2.45. The van der Waals surface area contributed by atoms with Crippen LogP contribution < -0.4 is 5.32 Å². The molecule has 1 nitrogen and oxygen atoms in total. The van der Waals surface area contributed by atoms with Gasteiger partial charge in [-0.25, -0.2) is 0 Å². The number of thiophene rings is 1. The van der Waals surface area contributed by atoms with Crippen molar-refractivity contribution in [1.29, 1.82) is 0 Å². The lowest BCUT2D eigenvalue weighted by Crippen LogP contribution is -2.18. The quantitative estimate of drug-likeness (QED) is 0.869. The fourth-order valence-electron chi connectivity index (χ4n) is 1.85. The summed E-state index contributed by atoms with van der Waals surface area (Å²) in [7, 11) is 1.96. The van der Waals surface area contributed by atoms with E-state index in [-0.39, 0.29) is 6.04 Å². The SMILES string of the molecule is CNC(c1cscc1C)c1ccccc1Cl. The lowest BCUT2D eigenvalue weighted by atomic mass is 9.99. The number of hydrogen-bond acceptors (Lipinski definition) is 2. The summed E-state index contributed by atoms with van der Waals surface area (Å²) in [4.78, 5) is 0. The molecule has 1 aromatic carbocycles. The highest BCUT2D eigenvalue weighted by Crippen LogP contribution is 2.31. The Labute approximate surface area is 105 Å². The summed E-state index contributed by atoms with van der Waals surface area (Å²) in [6.45, 7) is 2.13. The molecule has 1 unspecified atom stereocenters. The van der Waals surface area contributed by atoms with E-state index in [2.05, 4.69) is 29.1 Å². The predicted octanol–water partition coefficient (Wildman–Crippen LogP) is 4.02. The summed E-state index contributed by atoms with van der Waals surface area (Å²) in [5.41, 5.74) is 3.75. The fraction of sp³-hybridized carbons (Fsp3) is 0.231. The maximum atomic E-state index is 6.23. The van der Waals surface area contributed by atoms with Crippen LogP contribution in [0.2, 0.25) is 5.02 Å². The van der Waals surface area contributed by atoms with Crippen molar-refractivity contribution >= 4 is 22.9 Å². The minimum atomic E-state index is 0.181. The van der Waals surface area contributed by atoms with Crippen LogP contribution in [0.25, 0.3) is 0 Å². The molecule has 0 amide bonds. The summed E-state index contributed by atoms with van der Waals surface area (Å²) < 4.78 is 0. The molecule has 0 bridgehead atoms. The standard InChI is InChI=1S/C13H14ClNS/c1-9-7-16-8-11(9)13(15-2)10-5-3-4-6-12(10)14/h3-8,13,15H,1-2H3. The van der Waals surface area contributed by atoms with Crippen LogP contribution in [0.5, 0.6) is 0 Å². The van der Waals surface area contributed by atoms with Crippen LogP contribution in [0, 0.1) is 6.92 Å². The number of nitrogens with one attached hydrogen (secondary N) is 1. The van der Waals surface area contributed by atoms with Gasteiger partial charge in [-0.3, -0.25) is 0 Å². The average molecular weight is 252 g/mol. The van der Waals surface area contributed by atoms with Gasteiger partial charge >= 0.3 is 0 Å². The predicted molar refractivity (Wildman–Crippen MR) is 71.4 cm³/mol. The van der Waals surface area contributed by atoms with Crippen LogP contribution in [0.15, 0.2) is 35.0 Å². The number of halogens is 1. The van der Waals surface area contributed by atoms with Crippen LogP contribution >= 0.6 is 22.9 Å². The minimum Gasteiger partial charge on any atom is -0.309 e. The van der Waals surface area contributed by atoms with E-state index in [4.69, 9.17) is 11.6 Å². The van der Waals surface area contributed by atoms with Crippen molar-refractivity contribution in [2.24, 2.45) is 0 Å². The molecular weight excluding hydrogens is 238 g/mol. The first-order chi connectivity index (χ1) is 7.74. The maximum absolute atomic E-state index is 6.23. The highest BCUT2D eigenvalue weighted by molar-refractivity contribution is 7.08. The molecule has 1 aromatic heterocycles. The molecule has 0 saturated carbocycles. The third-order valence-electron chi connectivity index (χ3n) is 2.71. The van der Waals surface area contributed by atoms with E-state index >= 15 is 0 Å². The molecule has 0 radical (unpaired) electrons. The van der Waals surface area contributed by atoms with Crippen molar-refractivity contribution < 1.29 is 0 Å². The fourth-order valence-corrected chi connectivity index (χ4v) is 2.98. The maximum Gasteiger partial charge on any atom is 0.0599 e. The number of aryl methyl sites for hydroxylation is 1. The van der Waals surface area contributed by atoms with Gasteiger partial charge in [0.2, 0.25) is 0 Å². The van der Waals surface area contributed by atoms with Crippen LogP contribution in [0.1, 0.15) is 22.7 Å². The molecule has 0 aliphatic carbocycles. The Morgan fingerprint density at radius 1 is 1.19 bits per heavy atom. The van der Waals surface area contributed by atoms with Gasteiger partial charge in [0.25, 0.3) is 0 Å². The van der Waals surface area contributed by atoms with Crippen molar-refractivity contribution in [2.75, 3.05) is 7.05 Å². The summed E-state index contributed by atoms with van der Waals surface area (Å²) in [5, 5.41) is 8.48. The van der Waals surface area contributed by atoms with Gasteiger partial charge in [-0.2, -0.15) is 11.3 Å². The molecule has 0 saturated heterocycles. The Bertz CT molecular complexity index is 478. The molecule has 16 heavy (non-hydrogen) atoms. The van der Waals surface area contributed by atoms with Gasteiger partial charge in [0, 0.05) is 5.02 Å². The van der Waals surface area contributed by atoms with Crippen molar-refractivity contribution in [3.8, 4) is 0 Å². The molecule has 1 N–H and O–H groups in total. The molecule has 0 aliphatic rings. The van der Waals surface area contributed by atoms with Crippen LogP contribution in [0.4, 0.5) is 0 Å². The van der Waals surface area contributed by atoms with Gasteiger partial charge in [0.15, 0.2) is 0 Å². The Morgan fingerprint density at radius 3 is 2.50 bits per heavy atom. The van der Waals surface area contributed by atoms with Crippen LogP contribution in [-0.4, -0.2) is 7.05 Å². The molecule has 2 rings (SSSR count). The zero-order valence-corrected chi connectivity index (χ0v) is 10.9. The van der Waals surface area contributed by atoms with E-state index in [1.54, 1.807) is 11.3 Å². The Morgan fingerprint density at radius 2 is 1.94 bits per heavy atom. The van der Waals surface area contributed by atoms with Crippen molar-refractivity contribution in [3.05, 3.63) is 56.7 Å². The first kappa shape index (κ1) is 11.6. The van der Waals surface area contributed by atoms with E-state index in [0.29, 0.717) is 0 Å². The van der Waals surface area contributed by atoms with E-state index in [1.807, 2.05) is 25.2 Å². The largest absolute Gasteiger partial charge is 0.309 e. The second-order valence-electron chi connectivity index (χ2n) is 3.75. The van der Waals surface area contributed by atoms with Crippen molar-refractivity contribution in [3.63, 3.8) is 0 Å². The smallest absolute Gasteiger partial charge is 0.0599 e. The summed E-state index contributed by atoms with van der Waals surface area (Å²) in [5.74, 6) is 0.